The first-order valence-electron chi connectivity index (χ1n) is 7.33. The summed E-state index contributed by atoms with van der Waals surface area (Å²) in [6.45, 7) is 0.0159. The van der Waals surface area contributed by atoms with E-state index in [1.165, 1.54) is 12.3 Å². The maximum absolute atomic E-state index is 13.5. The summed E-state index contributed by atoms with van der Waals surface area (Å²) in [5.41, 5.74) is 0.925. The van der Waals surface area contributed by atoms with Crippen molar-refractivity contribution in [2.75, 3.05) is 16.9 Å². The Bertz CT molecular complexity index is 1030. The molecule has 2 heterocycles. The Morgan fingerprint density at radius 3 is 2.81 bits per heavy atom. The molecule has 2 aromatic heterocycles. The second-order valence-corrected chi connectivity index (χ2v) is 7.77. The van der Waals surface area contributed by atoms with Crippen LogP contribution in [-0.4, -0.2) is 34.8 Å². The van der Waals surface area contributed by atoms with Crippen LogP contribution >= 0.6 is 11.6 Å². The normalized spacial score (nSPS) is 11.3. The molecule has 0 aliphatic rings. The lowest BCUT2D eigenvalue weighted by Crippen LogP contribution is -2.09. The van der Waals surface area contributed by atoms with Crippen LogP contribution in [0.2, 0.25) is 5.02 Å². The number of aromatic nitrogens is 4. The molecule has 0 aliphatic carbocycles. The van der Waals surface area contributed by atoms with Crippen molar-refractivity contribution in [3.63, 3.8) is 0 Å². The highest BCUT2D eigenvalue weighted by Crippen LogP contribution is 2.23. The van der Waals surface area contributed by atoms with E-state index in [1.807, 2.05) is 0 Å². The smallest absolute Gasteiger partial charge is 0.229 e. The topological polar surface area (TPSA) is 113 Å². The summed E-state index contributed by atoms with van der Waals surface area (Å²) < 4.78 is 37.2. The molecule has 0 amide bonds. The van der Waals surface area contributed by atoms with Crippen LogP contribution in [0.25, 0.3) is 0 Å². The van der Waals surface area contributed by atoms with Crippen LogP contribution in [0.15, 0.2) is 41.7 Å². The third-order valence-electron chi connectivity index (χ3n) is 3.37. The third-order valence-corrected chi connectivity index (χ3v) is 4.84. The lowest BCUT2D eigenvalue weighted by molar-refractivity contribution is 0.598. The lowest BCUT2D eigenvalue weighted by atomic mass is 10.2. The molecule has 0 saturated carbocycles. The van der Waals surface area contributed by atoms with E-state index >= 15 is 0 Å². The van der Waals surface area contributed by atoms with Gasteiger partial charge in [0.2, 0.25) is 5.95 Å². The van der Waals surface area contributed by atoms with E-state index in [9.17, 15) is 12.8 Å². The Morgan fingerprint density at radius 1 is 1.31 bits per heavy atom. The molecule has 3 N–H and O–H groups in total. The lowest BCUT2D eigenvalue weighted by Gasteiger charge is -2.12. The van der Waals surface area contributed by atoms with Crippen LogP contribution in [0.5, 0.6) is 0 Å². The number of hydrogen-bond donors (Lipinski definition) is 3. The average Bonchev–Trinajstić information content (AvgIpc) is 3.07. The van der Waals surface area contributed by atoms with Crippen molar-refractivity contribution >= 4 is 38.9 Å². The summed E-state index contributed by atoms with van der Waals surface area (Å²) in [5.74, 6) is 0.00236. The van der Waals surface area contributed by atoms with E-state index in [0.717, 1.165) is 18.4 Å². The predicted octanol–water partition coefficient (Wildman–Crippen LogP) is 2.75. The third kappa shape index (κ3) is 4.27. The minimum atomic E-state index is -3.50. The van der Waals surface area contributed by atoms with E-state index < -0.39 is 15.7 Å². The molecule has 8 nitrogen and oxygen atoms in total. The van der Waals surface area contributed by atoms with Crippen molar-refractivity contribution in [2.24, 2.45) is 0 Å². The van der Waals surface area contributed by atoms with Crippen molar-refractivity contribution in [1.29, 1.82) is 0 Å². The number of nitrogens with zero attached hydrogens (tertiary/aromatic N) is 3. The van der Waals surface area contributed by atoms with Gasteiger partial charge in [-0.1, -0.05) is 11.6 Å². The Morgan fingerprint density at radius 2 is 2.12 bits per heavy atom. The SMILES string of the molecule is CS(=O)(=O)c1ccc(F)cc1CNc1nc(Nc2cn[nH]c2)ncc1Cl. The Labute approximate surface area is 153 Å². The minimum absolute atomic E-state index is 0.0159. The second-order valence-electron chi connectivity index (χ2n) is 5.38. The fourth-order valence-corrected chi connectivity index (χ4v) is 3.31. The Balaban J connectivity index is 1.83. The van der Waals surface area contributed by atoms with Gasteiger partial charge >= 0.3 is 0 Å². The number of sulfone groups is 1. The molecule has 0 fully saturated rings. The van der Waals surface area contributed by atoms with E-state index in [1.54, 1.807) is 12.4 Å². The molecule has 0 aliphatic heterocycles. The van der Waals surface area contributed by atoms with Crippen molar-refractivity contribution < 1.29 is 12.8 Å². The Kier molecular flexibility index (Phi) is 5.05. The minimum Gasteiger partial charge on any atom is -0.365 e. The van der Waals surface area contributed by atoms with E-state index in [4.69, 9.17) is 11.6 Å². The molecule has 26 heavy (non-hydrogen) atoms. The zero-order valence-electron chi connectivity index (χ0n) is 13.5. The van der Waals surface area contributed by atoms with Gasteiger partial charge in [0.15, 0.2) is 15.7 Å². The maximum Gasteiger partial charge on any atom is 0.229 e. The molecule has 0 saturated heterocycles. The molecule has 0 atom stereocenters. The number of anilines is 3. The fraction of sp³-hybridized carbons (Fsp3) is 0.133. The predicted molar refractivity (Wildman–Crippen MR) is 95.7 cm³/mol. The van der Waals surface area contributed by atoms with E-state index in [0.29, 0.717) is 5.69 Å². The standard InChI is InChI=1S/C15H14ClFN6O2S/c1-26(24,25)13-3-2-10(17)4-9(13)5-18-14-12(16)8-19-15(23-14)22-11-6-20-21-7-11/h2-4,6-8H,5H2,1H3,(H,20,21)(H2,18,19,22,23). The molecule has 11 heteroatoms. The van der Waals surface area contributed by atoms with Crippen LogP contribution in [0.1, 0.15) is 5.56 Å². The van der Waals surface area contributed by atoms with Gasteiger partial charge in [0, 0.05) is 19.0 Å². The van der Waals surface area contributed by atoms with Gasteiger partial charge in [-0.15, -0.1) is 0 Å². The summed E-state index contributed by atoms with van der Waals surface area (Å²) in [4.78, 5) is 8.31. The summed E-state index contributed by atoms with van der Waals surface area (Å²) in [7, 11) is -3.50. The molecule has 0 bridgehead atoms. The van der Waals surface area contributed by atoms with Gasteiger partial charge < -0.3 is 10.6 Å². The number of aromatic amines is 1. The van der Waals surface area contributed by atoms with Gasteiger partial charge in [-0.25, -0.2) is 17.8 Å². The van der Waals surface area contributed by atoms with Gasteiger partial charge in [-0.3, -0.25) is 5.10 Å². The summed E-state index contributed by atoms with van der Waals surface area (Å²) in [6.07, 6.45) is 5.63. The van der Waals surface area contributed by atoms with Gasteiger partial charge in [0.1, 0.15) is 10.8 Å². The zero-order chi connectivity index (χ0) is 18.7. The number of hydrogen-bond acceptors (Lipinski definition) is 7. The fourth-order valence-electron chi connectivity index (χ4n) is 2.23. The highest BCUT2D eigenvalue weighted by molar-refractivity contribution is 7.90. The van der Waals surface area contributed by atoms with Crippen molar-refractivity contribution in [2.45, 2.75) is 11.4 Å². The van der Waals surface area contributed by atoms with E-state index in [2.05, 4.69) is 30.8 Å². The van der Waals surface area contributed by atoms with Crippen molar-refractivity contribution in [3.8, 4) is 0 Å². The molecular weight excluding hydrogens is 383 g/mol. The molecule has 0 unspecified atom stereocenters. The summed E-state index contributed by atoms with van der Waals surface area (Å²) in [5, 5.41) is 12.5. The van der Waals surface area contributed by atoms with Crippen molar-refractivity contribution in [1.82, 2.24) is 20.2 Å². The second kappa shape index (κ2) is 7.26. The van der Waals surface area contributed by atoms with Crippen LogP contribution in [0, 0.1) is 5.82 Å². The first-order chi connectivity index (χ1) is 12.3. The molecule has 3 aromatic rings. The first-order valence-corrected chi connectivity index (χ1v) is 9.60. The van der Waals surface area contributed by atoms with Crippen LogP contribution in [-0.2, 0) is 16.4 Å². The Hall–Kier alpha value is -2.72. The summed E-state index contributed by atoms with van der Waals surface area (Å²) in [6, 6.07) is 3.49. The van der Waals surface area contributed by atoms with Gasteiger partial charge in [-0.2, -0.15) is 10.1 Å². The number of halogens is 2. The van der Waals surface area contributed by atoms with Crippen LogP contribution in [0.4, 0.5) is 21.8 Å². The van der Waals surface area contributed by atoms with Crippen LogP contribution in [0.3, 0.4) is 0 Å². The number of benzene rings is 1. The number of H-pyrrole nitrogens is 1. The molecule has 0 spiro atoms. The van der Waals surface area contributed by atoms with Gasteiger partial charge in [0.05, 0.1) is 23.0 Å². The highest BCUT2D eigenvalue weighted by Gasteiger charge is 2.15. The van der Waals surface area contributed by atoms with Crippen LogP contribution < -0.4 is 10.6 Å². The highest BCUT2D eigenvalue weighted by atomic mass is 35.5. The van der Waals surface area contributed by atoms with Crippen molar-refractivity contribution in [3.05, 3.63) is 53.2 Å². The molecule has 1 aromatic carbocycles. The quantitative estimate of drug-likeness (QED) is 0.549. The summed E-state index contributed by atoms with van der Waals surface area (Å²) >= 11 is 6.08. The molecule has 0 radical (unpaired) electrons. The number of nitrogens with one attached hydrogen (secondary N) is 3. The average molecular weight is 397 g/mol. The van der Waals surface area contributed by atoms with E-state index in [-0.39, 0.29) is 33.8 Å². The molecular formula is C15H14ClFN6O2S. The zero-order valence-corrected chi connectivity index (χ0v) is 15.1. The van der Waals surface area contributed by atoms with Gasteiger partial charge in [0.25, 0.3) is 0 Å². The molecule has 3 rings (SSSR count). The molecule has 136 valence electrons. The first kappa shape index (κ1) is 18.1. The van der Waals surface area contributed by atoms with Gasteiger partial charge in [-0.05, 0) is 23.8 Å². The monoisotopic (exact) mass is 396 g/mol. The largest absolute Gasteiger partial charge is 0.365 e. The number of rotatable bonds is 6. The maximum atomic E-state index is 13.5.